The maximum absolute atomic E-state index is 13.4. The third-order valence-electron chi connectivity index (χ3n) is 7.10. The second-order valence-corrected chi connectivity index (χ2v) is 9.52. The third kappa shape index (κ3) is 4.57. The Morgan fingerprint density at radius 3 is 2.47 bits per heavy atom. The molecule has 2 amide bonds. The van der Waals surface area contributed by atoms with Crippen LogP contribution in [0.5, 0.6) is 5.75 Å². The van der Waals surface area contributed by atoms with E-state index in [1.807, 2.05) is 0 Å². The molecule has 3 aromatic rings. The van der Waals surface area contributed by atoms with Crippen LogP contribution in [0.2, 0.25) is 0 Å². The van der Waals surface area contributed by atoms with Gasteiger partial charge >= 0.3 is 6.18 Å². The van der Waals surface area contributed by atoms with E-state index in [9.17, 15) is 22.8 Å². The van der Waals surface area contributed by atoms with Gasteiger partial charge in [0.05, 0.1) is 13.2 Å². The Hall–Kier alpha value is -3.67. The van der Waals surface area contributed by atoms with Gasteiger partial charge in [-0.25, -0.2) is 9.97 Å². The van der Waals surface area contributed by atoms with E-state index in [0.29, 0.717) is 36.9 Å². The normalized spacial score (nSPS) is 16.9. The maximum atomic E-state index is 13.4. The summed E-state index contributed by atoms with van der Waals surface area (Å²) >= 11 is 0. The van der Waals surface area contributed by atoms with Gasteiger partial charge in [-0.15, -0.1) is 0 Å². The van der Waals surface area contributed by atoms with Crippen molar-refractivity contribution < 1.29 is 31.9 Å². The van der Waals surface area contributed by atoms with Crippen LogP contribution in [-0.4, -0.2) is 51.9 Å². The topological polar surface area (TPSA) is 124 Å². The van der Waals surface area contributed by atoms with Crippen LogP contribution < -0.4 is 15.8 Å². The highest BCUT2D eigenvalue weighted by Gasteiger charge is 2.48. The molecule has 2 aromatic heterocycles. The summed E-state index contributed by atoms with van der Waals surface area (Å²) in [5.74, 6) is -0.397. The Kier molecular flexibility index (Phi) is 6.76. The molecule has 5 rings (SSSR count). The number of benzene rings is 1. The molecule has 0 atom stereocenters. The third-order valence-corrected chi connectivity index (χ3v) is 7.10. The summed E-state index contributed by atoms with van der Waals surface area (Å²) in [5.41, 5.74) is 4.06. The fraction of sp³-hybridized carbons (Fsp3) is 0.462. The Morgan fingerprint density at radius 1 is 1.13 bits per heavy atom. The average Bonchev–Trinajstić information content (AvgIpc) is 3.56. The van der Waals surface area contributed by atoms with Crippen molar-refractivity contribution >= 4 is 22.7 Å². The molecule has 1 aromatic carbocycles. The van der Waals surface area contributed by atoms with Crippen LogP contribution in [0.25, 0.3) is 22.4 Å². The molecule has 1 saturated carbocycles. The lowest BCUT2D eigenvalue weighted by molar-refractivity contribution is -0.141. The van der Waals surface area contributed by atoms with Crippen LogP contribution >= 0.6 is 0 Å². The second kappa shape index (κ2) is 9.90. The van der Waals surface area contributed by atoms with Gasteiger partial charge < -0.3 is 25.1 Å². The van der Waals surface area contributed by atoms with Gasteiger partial charge in [0.2, 0.25) is 11.8 Å². The van der Waals surface area contributed by atoms with E-state index in [1.165, 1.54) is 12.1 Å². The monoisotopic (exact) mass is 531 g/mol. The number of hydrogen-bond donors (Lipinski definition) is 2. The molecule has 1 aliphatic heterocycles. The maximum Gasteiger partial charge on any atom is 0.433 e. The molecule has 2 aliphatic rings. The van der Waals surface area contributed by atoms with E-state index in [-0.39, 0.29) is 47.7 Å². The summed E-state index contributed by atoms with van der Waals surface area (Å²) in [6.45, 7) is 3.14. The lowest BCUT2D eigenvalue weighted by atomic mass is 9.75. The molecule has 0 spiro atoms. The van der Waals surface area contributed by atoms with Crippen molar-refractivity contribution in [2.45, 2.75) is 57.3 Å². The Bertz CT molecular complexity index is 1380. The summed E-state index contributed by atoms with van der Waals surface area (Å²) in [5, 5.41) is 3.19. The number of likely N-dealkylation sites (tertiary alicyclic amines) is 1. The number of halogens is 3. The summed E-state index contributed by atoms with van der Waals surface area (Å²) in [7, 11) is 0. The molecule has 2 fully saturated rings. The first-order valence-electron chi connectivity index (χ1n) is 12.6. The minimum Gasteiger partial charge on any atom is -0.492 e. The van der Waals surface area contributed by atoms with Crippen molar-refractivity contribution in [3.63, 3.8) is 0 Å². The van der Waals surface area contributed by atoms with Gasteiger partial charge in [-0.1, -0.05) is 0 Å². The van der Waals surface area contributed by atoms with Crippen molar-refractivity contribution in [3.05, 3.63) is 41.4 Å². The molecule has 9 nitrogen and oxygen atoms in total. The number of aromatic nitrogens is 2. The first-order chi connectivity index (χ1) is 18.2. The predicted molar refractivity (Wildman–Crippen MR) is 131 cm³/mol. The number of ether oxygens (including phenoxy) is 1. The fourth-order valence-electron chi connectivity index (χ4n) is 5.01. The molecule has 38 heavy (non-hydrogen) atoms. The van der Waals surface area contributed by atoms with E-state index in [1.54, 1.807) is 17.9 Å². The number of nitrogens with one attached hydrogen (secondary N) is 1. The summed E-state index contributed by atoms with van der Waals surface area (Å²) in [6, 6.07) is 5.21. The first-order valence-corrected chi connectivity index (χ1v) is 12.6. The van der Waals surface area contributed by atoms with E-state index < -0.39 is 23.3 Å². The zero-order valence-corrected chi connectivity index (χ0v) is 20.9. The number of rotatable bonds is 7. The smallest absolute Gasteiger partial charge is 0.433 e. The van der Waals surface area contributed by atoms with Gasteiger partial charge in [-0.3, -0.25) is 9.59 Å². The predicted octanol–water partition coefficient (Wildman–Crippen LogP) is 4.04. The number of pyridine rings is 1. The number of nitrogens with two attached hydrogens (primary N) is 1. The molecule has 202 valence electrons. The van der Waals surface area contributed by atoms with E-state index in [4.69, 9.17) is 14.9 Å². The minimum absolute atomic E-state index is 0.00117. The number of carbonyl (C=O) groups excluding carboxylic acids is 2. The van der Waals surface area contributed by atoms with Crippen LogP contribution in [0.15, 0.2) is 28.7 Å². The van der Waals surface area contributed by atoms with Gasteiger partial charge in [0.25, 0.3) is 5.91 Å². The molecular formula is C26H28F3N5O4. The lowest BCUT2D eigenvalue weighted by Gasteiger charge is -2.43. The lowest BCUT2D eigenvalue weighted by Crippen LogP contribution is -2.63. The average molecular weight is 532 g/mol. The molecule has 0 unspecified atom stereocenters. The Labute approximate surface area is 216 Å². The summed E-state index contributed by atoms with van der Waals surface area (Å²) < 4.78 is 51.4. The molecular weight excluding hydrogens is 503 g/mol. The number of carbonyl (C=O) groups is 2. The fourth-order valence-corrected chi connectivity index (χ4v) is 5.01. The molecule has 3 heterocycles. The van der Waals surface area contributed by atoms with Crippen molar-refractivity contribution in [2.24, 2.45) is 5.73 Å². The van der Waals surface area contributed by atoms with Crippen molar-refractivity contribution in [3.8, 4) is 17.2 Å². The largest absolute Gasteiger partial charge is 0.492 e. The van der Waals surface area contributed by atoms with Crippen LogP contribution in [0, 0.1) is 0 Å². The van der Waals surface area contributed by atoms with Gasteiger partial charge in [0.15, 0.2) is 11.5 Å². The van der Waals surface area contributed by atoms with Crippen LogP contribution in [0.3, 0.4) is 0 Å². The number of hydrogen-bond acceptors (Lipinski definition) is 7. The Morgan fingerprint density at radius 2 is 1.87 bits per heavy atom. The SMILES string of the molecule is CCOc1ccc(-c2nc(C(=O)NC3(C(=O)N4CCCC4)CCC3)c(CN)o2)c2ccc(C(F)(F)F)nc12. The molecule has 1 aliphatic carbocycles. The highest BCUT2D eigenvalue weighted by molar-refractivity contribution is 6.01. The minimum atomic E-state index is -4.64. The van der Waals surface area contributed by atoms with Gasteiger partial charge in [-0.2, -0.15) is 13.2 Å². The van der Waals surface area contributed by atoms with Crippen LogP contribution in [0.1, 0.15) is 61.0 Å². The summed E-state index contributed by atoms with van der Waals surface area (Å²) in [4.78, 5) is 36.5. The molecule has 12 heteroatoms. The zero-order chi connectivity index (χ0) is 27.1. The van der Waals surface area contributed by atoms with Crippen molar-refractivity contribution in [1.82, 2.24) is 20.2 Å². The van der Waals surface area contributed by atoms with Gasteiger partial charge in [0.1, 0.15) is 22.5 Å². The number of amides is 2. The molecule has 3 N–H and O–H groups in total. The van der Waals surface area contributed by atoms with Crippen molar-refractivity contribution in [1.29, 1.82) is 0 Å². The first kappa shape index (κ1) is 26.0. The van der Waals surface area contributed by atoms with Crippen LogP contribution in [-0.2, 0) is 17.5 Å². The molecule has 0 radical (unpaired) electrons. The zero-order valence-electron chi connectivity index (χ0n) is 20.9. The second-order valence-electron chi connectivity index (χ2n) is 9.52. The van der Waals surface area contributed by atoms with Crippen LogP contribution in [0.4, 0.5) is 13.2 Å². The highest BCUT2D eigenvalue weighted by Crippen LogP contribution is 2.38. The molecule has 0 bridgehead atoms. The number of nitrogens with zero attached hydrogens (tertiary/aromatic N) is 3. The number of fused-ring (bicyclic) bond motifs is 1. The summed E-state index contributed by atoms with van der Waals surface area (Å²) in [6.07, 6.45) is -0.873. The quantitative estimate of drug-likeness (QED) is 0.472. The van der Waals surface area contributed by atoms with E-state index in [0.717, 1.165) is 25.3 Å². The van der Waals surface area contributed by atoms with Gasteiger partial charge in [-0.05, 0) is 63.3 Å². The standard InChI is InChI=1S/C26H28F3N5O4/c1-2-37-17-8-6-16(15-7-9-19(26(27,28)29)31-20(15)17)23-32-21(18(14-30)38-23)22(35)33-25(10-5-11-25)24(36)34-12-3-4-13-34/h6-9H,2-5,10-14,30H2,1H3,(H,33,35). The van der Waals surface area contributed by atoms with Crippen molar-refractivity contribution in [2.75, 3.05) is 19.7 Å². The number of alkyl halides is 3. The highest BCUT2D eigenvalue weighted by atomic mass is 19.4. The van der Waals surface area contributed by atoms with E-state index >= 15 is 0 Å². The van der Waals surface area contributed by atoms with Gasteiger partial charge in [0, 0.05) is 24.0 Å². The number of oxazole rings is 1. The van der Waals surface area contributed by atoms with E-state index in [2.05, 4.69) is 15.3 Å². The Balaban J connectivity index is 1.51. The molecule has 1 saturated heterocycles.